The lowest BCUT2D eigenvalue weighted by molar-refractivity contribution is 0.305. The first-order valence-corrected chi connectivity index (χ1v) is 7.36. The van der Waals surface area contributed by atoms with Gasteiger partial charge in [0.2, 0.25) is 0 Å². The van der Waals surface area contributed by atoms with Crippen molar-refractivity contribution in [2.45, 2.75) is 39.7 Å². The van der Waals surface area contributed by atoms with Gasteiger partial charge in [-0.2, -0.15) is 0 Å². The minimum Gasteiger partial charge on any atom is -0.494 e. The second kappa shape index (κ2) is 9.82. The third-order valence-corrected chi connectivity index (χ3v) is 2.95. The average molecular weight is 264 g/mol. The standard InChI is InChI=1S/C16H28N2O/c1-4-9-17-13-15(3)18-10-6-11-19-16-8-5-7-14(2)12-16/h5,7-8,12,15,17-18H,4,6,9-11,13H2,1-3H3. The van der Waals surface area contributed by atoms with Crippen LogP contribution in [0.1, 0.15) is 32.3 Å². The highest BCUT2D eigenvalue weighted by Gasteiger charge is 1.99. The van der Waals surface area contributed by atoms with Gasteiger partial charge in [-0.15, -0.1) is 0 Å². The Balaban J connectivity index is 2.02. The molecule has 1 aromatic rings. The van der Waals surface area contributed by atoms with Gasteiger partial charge in [0.05, 0.1) is 6.61 Å². The van der Waals surface area contributed by atoms with Crippen LogP contribution in [0, 0.1) is 6.92 Å². The maximum Gasteiger partial charge on any atom is 0.119 e. The normalized spacial score (nSPS) is 12.4. The average Bonchev–Trinajstić information content (AvgIpc) is 2.39. The van der Waals surface area contributed by atoms with Gasteiger partial charge in [-0.1, -0.05) is 19.1 Å². The van der Waals surface area contributed by atoms with Crippen molar-refractivity contribution in [3.8, 4) is 5.75 Å². The van der Waals surface area contributed by atoms with E-state index in [0.717, 1.165) is 38.4 Å². The second-order valence-corrected chi connectivity index (χ2v) is 5.08. The Hall–Kier alpha value is -1.06. The third kappa shape index (κ3) is 7.85. The molecule has 1 rings (SSSR count). The van der Waals surface area contributed by atoms with E-state index in [2.05, 4.69) is 43.5 Å². The highest BCUT2D eigenvalue weighted by atomic mass is 16.5. The number of benzene rings is 1. The predicted octanol–water partition coefficient (Wildman–Crippen LogP) is 2.74. The molecule has 108 valence electrons. The zero-order valence-electron chi connectivity index (χ0n) is 12.5. The van der Waals surface area contributed by atoms with Crippen LogP contribution < -0.4 is 15.4 Å². The van der Waals surface area contributed by atoms with Crippen LogP contribution in [-0.4, -0.2) is 32.3 Å². The quantitative estimate of drug-likeness (QED) is 0.638. The van der Waals surface area contributed by atoms with E-state index in [4.69, 9.17) is 4.74 Å². The van der Waals surface area contributed by atoms with Crippen LogP contribution in [0.3, 0.4) is 0 Å². The first-order valence-electron chi connectivity index (χ1n) is 7.36. The summed E-state index contributed by atoms with van der Waals surface area (Å²) in [6.45, 7) is 10.4. The van der Waals surface area contributed by atoms with E-state index in [-0.39, 0.29) is 0 Å². The van der Waals surface area contributed by atoms with E-state index >= 15 is 0 Å². The van der Waals surface area contributed by atoms with E-state index in [9.17, 15) is 0 Å². The van der Waals surface area contributed by atoms with Crippen molar-refractivity contribution in [2.24, 2.45) is 0 Å². The fraction of sp³-hybridized carbons (Fsp3) is 0.625. The van der Waals surface area contributed by atoms with Crippen molar-refractivity contribution in [1.82, 2.24) is 10.6 Å². The van der Waals surface area contributed by atoms with Crippen LogP contribution in [0.2, 0.25) is 0 Å². The van der Waals surface area contributed by atoms with Crippen molar-refractivity contribution in [3.63, 3.8) is 0 Å². The summed E-state index contributed by atoms with van der Waals surface area (Å²) in [5, 5.41) is 6.91. The lowest BCUT2D eigenvalue weighted by atomic mass is 10.2. The molecular weight excluding hydrogens is 236 g/mol. The summed E-state index contributed by atoms with van der Waals surface area (Å²) in [5.74, 6) is 0.970. The highest BCUT2D eigenvalue weighted by Crippen LogP contribution is 2.12. The smallest absolute Gasteiger partial charge is 0.119 e. The Morgan fingerprint density at radius 2 is 2.11 bits per heavy atom. The molecule has 1 unspecified atom stereocenters. The Morgan fingerprint density at radius 1 is 1.26 bits per heavy atom. The molecule has 0 amide bonds. The summed E-state index contributed by atoms with van der Waals surface area (Å²) in [4.78, 5) is 0. The van der Waals surface area contributed by atoms with E-state index in [0.29, 0.717) is 6.04 Å². The first-order chi connectivity index (χ1) is 9.22. The van der Waals surface area contributed by atoms with Gasteiger partial charge in [0.25, 0.3) is 0 Å². The molecule has 0 bridgehead atoms. The molecule has 3 nitrogen and oxygen atoms in total. The Bertz CT molecular complexity index is 341. The zero-order chi connectivity index (χ0) is 13.9. The Labute approximate surface area is 117 Å². The van der Waals surface area contributed by atoms with Gasteiger partial charge >= 0.3 is 0 Å². The van der Waals surface area contributed by atoms with Gasteiger partial charge in [-0.25, -0.2) is 0 Å². The van der Waals surface area contributed by atoms with E-state index in [1.807, 2.05) is 12.1 Å². The molecule has 0 radical (unpaired) electrons. The van der Waals surface area contributed by atoms with Gasteiger partial charge in [0, 0.05) is 12.6 Å². The second-order valence-electron chi connectivity index (χ2n) is 5.08. The van der Waals surface area contributed by atoms with E-state index in [1.54, 1.807) is 0 Å². The summed E-state index contributed by atoms with van der Waals surface area (Å²) in [6.07, 6.45) is 2.23. The van der Waals surface area contributed by atoms with Crippen molar-refractivity contribution in [1.29, 1.82) is 0 Å². The molecule has 0 saturated heterocycles. The molecule has 0 aromatic heterocycles. The van der Waals surface area contributed by atoms with Crippen molar-refractivity contribution in [3.05, 3.63) is 29.8 Å². The monoisotopic (exact) mass is 264 g/mol. The number of hydrogen-bond donors (Lipinski definition) is 2. The maximum atomic E-state index is 5.71. The molecule has 19 heavy (non-hydrogen) atoms. The lowest BCUT2D eigenvalue weighted by Gasteiger charge is -2.14. The van der Waals surface area contributed by atoms with Gasteiger partial charge in [-0.05, 0) is 57.5 Å². The number of rotatable bonds is 10. The first kappa shape index (κ1) is 16.0. The molecule has 0 aliphatic rings. The van der Waals surface area contributed by atoms with Crippen molar-refractivity contribution >= 4 is 0 Å². The van der Waals surface area contributed by atoms with Gasteiger partial charge < -0.3 is 15.4 Å². The highest BCUT2D eigenvalue weighted by molar-refractivity contribution is 5.27. The molecule has 0 aliphatic heterocycles. The van der Waals surface area contributed by atoms with Crippen LogP contribution in [-0.2, 0) is 0 Å². The van der Waals surface area contributed by atoms with Crippen LogP contribution in [0.5, 0.6) is 5.75 Å². The van der Waals surface area contributed by atoms with Gasteiger partial charge in [0.15, 0.2) is 0 Å². The minimum absolute atomic E-state index is 0.519. The zero-order valence-corrected chi connectivity index (χ0v) is 12.5. The number of ether oxygens (including phenoxy) is 1. The molecule has 0 aliphatic carbocycles. The molecule has 0 spiro atoms. The summed E-state index contributed by atoms with van der Waals surface area (Å²) < 4.78 is 5.71. The Morgan fingerprint density at radius 3 is 2.84 bits per heavy atom. The molecule has 0 saturated carbocycles. The van der Waals surface area contributed by atoms with Crippen LogP contribution in [0.15, 0.2) is 24.3 Å². The molecule has 1 atom stereocenters. The largest absolute Gasteiger partial charge is 0.494 e. The number of aryl methyl sites for hydroxylation is 1. The van der Waals surface area contributed by atoms with Crippen molar-refractivity contribution in [2.75, 3.05) is 26.2 Å². The van der Waals surface area contributed by atoms with Crippen LogP contribution >= 0.6 is 0 Å². The SMILES string of the molecule is CCCNCC(C)NCCCOc1cccc(C)c1. The topological polar surface area (TPSA) is 33.3 Å². The van der Waals surface area contributed by atoms with Gasteiger partial charge in [-0.3, -0.25) is 0 Å². The lowest BCUT2D eigenvalue weighted by Crippen LogP contribution is -2.37. The van der Waals surface area contributed by atoms with Crippen LogP contribution in [0.4, 0.5) is 0 Å². The minimum atomic E-state index is 0.519. The molecule has 2 N–H and O–H groups in total. The summed E-state index contributed by atoms with van der Waals surface area (Å²) >= 11 is 0. The van der Waals surface area contributed by atoms with Gasteiger partial charge in [0.1, 0.15) is 5.75 Å². The molecule has 0 fully saturated rings. The van der Waals surface area contributed by atoms with E-state index in [1.165, 1.54) is 12.0 Å². The summed E-state index contributed by atoms with van der Waals surface area (Å²) in [7, 11) is 0. The van der Waals surface area contributed by atoms with E-state index < -0.39 is 0 Å². The molecule has 1 aromatic carbocycles. The predicted molar refractivity (Wildman–Crippen MR) is 81.9 cm³/mol. The summed E-state index contributed by atoms with van der Waals surface area (Å²) in [6, 6.07) is 8.72. The molecular formula is C16H28N2O. The Kier molecular flexibility index (Phi) is 8.26. The fourth-order valence-electron chi connectivity index (χ4n) is 1.88. The third-order valence-electron chi connectivity index (χ3n) is 2.95. The maximum absolute atomic E-state index is 5.71. The molecule has 3 heteroatoms. The number of nitrogens with one attached hydrogen (secondary N) is 2. The summed E-state index contributed by atoms with van der Waals surface area (Å²) in [5.41, 5.74) is 1.24. The number of hydrogen-bond acceptors (Lipinski definition) is 3. The van der Waals surface area contributed by atoms with Crippen LogP contribution in [0.25, 0.3) is 0 Å². The van der Waals surface area contributed by atoms with Crippen molar-refractivity contribution < 1.29 is 4.74 Å². The molecule has 0 heterocycles. The fourth-order valence-corrected chi connectivity index (χ4v) is 1.88.